The summed E-state index contributed by atoms with van der Waals surface area (Å²) in [6.45, 7) is 57.8. The fraction of sp³-hybridized carbons (Fsp3) is 0.857. The summed E-state index contributed by atoms with van der Waals surface area (Å²) in [6.07, 6.45) is 0. The van der Waals surface area contributed by atoms with Crippen molar-refractivity contribution in [3.63, 3.8) is 0 Å². The quantitative estimate of drug-likeness (QED) is 0.172. The predicted octanol–water partition coefficient (Wildman–Crippen LogP) is 11.8. The molecule has 0 rings (SSSR count). The maximum absolute atomic E-state index is 2.65. The molecule has 0 aromatic carbocycles. The summed E-state index contributed by atoms with van der Waals surface area (Å²) in [6, 6.07) is 0. The van der Waals surface area contributed by atoms with Crippen LogP contribution in [0.3, 0.4) is 0 Å². The summed E-state index contributed by atoms with van der Waals surface area (Å²) >= 11 is 0. The van der Waals surface area contributed by atoms with Gasteiger partial charge in [0.2, 0.25) is 0 Å². The van der Waals surface area contributed by atoms with Crippen LogP contribution in [0.4, 0.5) is 0 Å². The zero-order chi connectivity index (χ0) is 30.8. The second-order valence-electron chi connectivity index (χ2n) is 19.5. The van der Waals surface area contributed by atoms with Gasteiger partial charge in [-0.2, -0.15) is 0 Å². The van der Waals surface area contributed by atoms with E-state index in [9.17, 15) is 0 Å². The van der Waals surface area contributed by atoms with Crippen LogP contribution in [-0.4, -0.2) is 64.6 Å². The molecule has 0 nitrogen and oxygen atoms in total. The molecule has 0 aromatic rings. The summed E-state index contributed by atoms with van der Waals surface area (Å²) in [5.41, 5.74) is 10.6. The first kappa shape index (κ1) is 49.3. The maximum atomic E-state index is 2.65. The Morgan fingerprint density at radius 3 is 0.243 bits per heavy atom. The van der Waals surface area contributed by atoms with Gasteiger partial charge in [-0.1, -0.05) is 157 Å². The van der Waals surface area contributed by atoms with Gasteiger partial charge in [-0.25, -0.2) is 0 Å². The van der Waals surface area contributed by atoms with E-state index in [2.05, 4.69) is 180 Å². The number of hydrogen-bond acceptors (Lipinski definition) is 0. The molecule has 0 unspecified atom stereocenters. The van der Waals surface area contributed by atoms with Gasteiger partial charge in [0.25, 0.3) is 0 Å². The van der Waals surface area contributed by atoms with Crippen molar-refractivity contribution in [2.45, 2.75) is 157 Å². The topological polar surface area (TPSA) is 0 Å². The Kier molecular flexibility index (Phi) is 24.4. The van der Waals surface area contributed by atoms with Crippen molar-refractivity contribution in [3.8, 4) is 0 Å². The zero-order valence-corrected chi connectivity index (χ0v) is 41.3. The average molecular weight is 729 g/mol. The minimum atomic E-state index is -0.856. The van der Waals surface area contributed by atoms with E-state index in [4.69, 9.17) is 0 Å². The van der Waals surface area contributed by atoms with Crippen molar-refractivity contribution in [2.24, 2.45) is 0 Å². The third kappa shape index (κ3) is 73.1. The Bertz CT molecular complexity index is 399. The van der Waals surface area contributed by atoms with Crippen molar-refractivity contribution in [3.05, 3.63) is 22.7 Å². The second kappa shape index (κ2) is 18.3. The van der Waals surface area contributed by atoms with Gasteiger partial charge >= 0.3 is 26.2 Å². The van der Waals surface area contributed by atoms with Crippen molar-refractivity contribution >= 4 is 64.6 Å². The van der Waals surface area contributed by atoms with Gasteiger partial charge in [0.1, 0.15) is 0 Å². The normalized spacial score (nSPS) is 13.6. The first-order valence-electron chi connectivity index (χ1n) is 14.3. The predicted molar refractivity (Wildman–Crippen MR) is 204 cm³/mol. The fourth-order valence-corrected chi connectivity index (χ4v) is 46.8. The second-order valence-corrected chi connectivity index (χ2v) is 62.0. The number of rotatable bonds is 8. The van der Waals surface area contributed by atoms with Crippen LogP contribution in [0.15, 0.2) is 0 Å². The van der Waals surface area contributed by atoms with E-state index in [1.165, 1.54) is 0 Å². The standard InChI is InChI=1S/4C7H19Si2.Zr/c4*1-8(2,3)7-9(4,5)6;/h4*7H,1-6H3;/q4*-1;+4. The van der Waals surface area contributed by atoms with E-state index in [1.54, 1.807) is 0 Å². The molecule has 0 atom stereocenters. The molecule has 0 saturated heterocycles. The van der Waals surface area contributed by atoms with Gasteiger partial charge in [0, 0.05) is 0 Å². The monoisotopic (exact) mass is 726 g/mol. The van der Waals surface area contributed by atoms with Crippen LogP contribution < -0.4 is 0 Å². The number of hydrogen-bond donors (Lipinski definition) is 0. The van der Waals surface area contributed by atoms with Crippen LogP contribution in [0.5, 0.6) is 0 Å². The minimum Gasteiger partial charge on any atom is -0.327 e. The zero-order valence-electron chi connectivity index (χ0n) is 30.8. The van der Waals surface area contributed by atoms with Gasteiger partial charge in [-0.05, 0) is 0 Å². The molecule has 0 amide bonds. The molecule has 224 valence electrons. The van der Waals surface area contributed by atoms with E-state index < -0.39 is 64.6 Å². The molecule has 0 heterocycles. The Morgan fingerprint density at radius 1 is 0.189 bits per heavy atom. The summed E-state index contributed by atoms with van der Waals surface area (Å²) in [4.78, 5) is 0. The summed E-state index contributed by atoms with van der Waals surface area (Å²) < 4.78 is 0. The molecule has 0 N–H and O–H groups in total. The third-order valence-electron chi connectivity index (χ3n) is 3.46. The van der Waals surface area contributed by atoms with E-state index in [1.807, 2.05) is 0 Å². The van der Waals surface area contributed by atoms with E-state index in [0.717, 1.165) is 0 Å². The molecule has 0 saturated carbocycles. The smallest absolute Gasteiger partial charge is 0.327 e. The van der Waals surface area contributed by atoms with Gasteiger partial charge in [-0.3, -0.25) is 0 Å². The van der Waals surface area contributed by atoms with Crippen LogP contribution in [0.25, 0.3) is 0 Å². The molecule has 0 spiro atoms. The summed E-state index contributed by atoms with van der Waals surface area (Å²) in [5, 5.41) is 0. The molecule has 0 fully saturated rings. The van der Waals surface area contributed by atoms with Crippen LogP contribution in [0.1, 0.15) is 0 Å². The van der Waals surface area contributed by atoms with Crippen molar-refractivity contribution in [1.29, 1.82) is 0 Å². The fourth-order valence-electron chi connectivity index (χ4n) is 5.20. The molecule has 0 aliphatic heterocycles. The van der Waals surface area contributed by atoms with Crippen LogP contribution in [0.2, 0.25) is 157 Å². The molecule has 0 aliphatic rings. The molecule has 37 heavy (non-hydrogen) atoms. The molecular weight excluding hydrogens is 652 g/mol. The van der Waals surface area contributed by atoms with E-state index in [-0.39, 0.29) is 26.2 Å². The van der Waals surface area contributed by atoms with Gasteiger partial charge in [-0.15, -0.1) is 64.6 Å². The minimum absolute atomic E-state index is 0. The SMILES string of the molecule is C[Si](C)(C)[CH-][Si](C)(C)C.C[Si](C)(C)[CH-][Si](C)(C)C.C[Si](C)(C)[CH-][Si](C)(C)C.C[Si](C)(C)[CH-][Si](C)(C)C.[Zr+4]. The molecule has 0 aromatic heterocycles. The van der Waals surface area contributed by atoms with Crippen molar-refractivity contribution < 1.29 is 26.2 Å². The molecule has 0 radical (unpaired) electrons. The van der Waals surface area contributed by atoms with Gasteiger partial charge < -0.3 is 22.7 Å². The Labute approximate surface area is 268 Å². The Hall–Kier alpha value is 2.62. The third-order valence-corrected chi connectivity index (χ3v) is 31.2. The van der Waals surface area contributed by atoms with E-state index in [0.29, 0.717) is 0 Å². The largest absolute Gasteiger partial charge is 4.00 e. The summed E-state index contributed by atoms with van der Waals surface area (Å²) in [5.74, 6) is 0. The molecule has 0 aliphatic carbocycles. The first-order valence-corrected chi connectivity index (χ1v) is 42.9. The summed E-state index contributed by atoms with van der Waals surface area (Å²) in [7, 11) is -6.85. The van der Waals surface area contributed by atoms with Crippen LogP contribution in [-0.2, 0) is 26.2 Å². The van der Waals surface area contributed by atoms with Crippen LogP contribution >= 0.6 is 0 Å². The van der Waals surface area contributed by atoms with Crippen LogP contribution in [0, 0.1) is 22.7 Å². The Morgan fingerprint density at radius 2 is 0.243 bits per heavy atom. The van der Waals surface area contributed by atoms with Crippen molar-refractivity contribution in [1.82, 2.24) is 0 Å². The molecular formula is C28H76Si8Zr. The van der Waals surface area contributed by atoms with Gasteiger partial charge in [0.05, 0.1) is 0 Å². The van der Waals surface area contributed by atoms with Crippen molar-refractivity contribution in [2.75, 3.05) is 0 Å². The average Bonchev–Trinajstić information content (AvgIpc) is 2.19. The maximum Gasteiger partial charge on any atom is 4.00 e. The van der Waals surface area contributed by atoms with E-state index >= 15 is 0 Å². The Balaban J connectivity index is -0.000000122. The first-order chi connectivity index (χ1) is 14.8. The van der Waals surface area contributed by atoms with Gasteiger partial charge in [0.15, 0.2) is 0 Å². The molecule has 0 bridgehead atoms. The molecule has 9 heteroatoms.